The first kappa shape index (κ1) is 17.9. The van der Waals surface area contributed by atoms with Crippen molar-refractivity contribution in [3.8, 4) is 0 Å². The SMILES string of the molecule is O=C1c2oc3ccc(Cl)cc3c(=O)c2C(c2cccc(Cl)c2)N1c1ccccn1. The summed E-state index contributed by atoms with van der Waals surface area (Å²) in [6.07, 6.45) is 1.59. The van der Waals surface area contributed by atoms with Gasteiger partial charge in [0.15, 0.2) is 5.43 Å². The summed E-state index contributed by atoms with van der Waals surface area (Å²) in [5, 5.41) is 1.23. The van der Waals surface area contributed by atoms with E-state index in [-0.39, 0.29) is 16.8 Å². The molecule has 4 aromatic rings. The quantitative estimate of drug-likeness (QED) is 0.442. The maximum Gasteiger partial charge on any atom is 0.296 e. The van der Waals surface area contributed by atoms with Crippen molar-refractivity contribution < 1.29 is 9.21 Å². The van der Waals surface area contributed by atoms with E-state index in [1.807, 2.05) is 6.07 Å². The van der Waals surface area contributed by atoms with Gasteiger partial charge in [-0.3, -0.25) is 14.5 Å². The normalized spacial score (nSPS) is 15.7. The molecule has 2 aromatic heterocycles. The van der Waals surface area contributed by atoms with Crippen LogP contribution in [0.15, 0.2) is 76.1 Å². The molecule has 3 heterocycles. The predicted octanol–water partition coefficient (Wildman–Crippen LogP) is 5.24. The second-order valence-electron chi connectivity index (χ2n) is 6.64. The van der Waals surface area contributed by atoms with Crippen molar-refractivity contribution in [3.05, 3.63) is 104 Å². The zero-order chi connectivity index (χ0) is 20.1. The molecule has 0 saturated heterocycles. The summed E-state index contributed by atoms with van der Waals surface area (Å²) in [7, 11) is 0. The zero-order valence-electron chi connectivity index (χ0n) is 14.8. The van der Waals surface area contributed by atoms with Gasteiger partial charge < -0.3 is 4.42 Å². The molecule has 0 N–H and O–H groups in total. The van der Waals surface area contributed by atoms with Crippen molar-refractivity contribution in [2.24, 2.45) is 0 Å². The summed E-state index contributed by atoms with van der Waals surface area (Å²) in [6, 6.07) is 16.3. The Bertz CT molecular complexity index is 1340. The van der Waals surface area contributed by atoms with E-state index in [2.05, 4.69) is 4.98 Å². The molecule has 29 heavy (non-hydrogen) atoms. The number of carbonyl (C=O) groups is 1. The molecule has 5 nitrogen and oxygen atoms in total. The summed E-state index contributed by atoms with van der Waals surface area (Å²) in [6.45, 7) is 0. The third-order valence-corrected chi connectivity index (χ3v) is 5.36. The Balaban J connectivity index is 1.84. The Morgan fingerprint density at radius 1 is 0.931 bits per heavy atom. The number of hydrogen-bond donors (Lipinski definition) is 0. The number of nitrogens with zero attached hydrogens (tertiary/aromatic N) is 2. The van der Waals surface area contributed by atoms with Gasteiger partial charge in [0, 0.05) is 16.2 Å². The van der Waals surface area contributed by atoms with Crippen LogP contribution in [0.2, 0.25) is 10.0 Å². The number of fused-ring (bicyclic) bond motifs is 2. The minimum atomic E-state index is -0.717. The fourth-order valence-electron chi connectivity index (χ4n) is 3.67. The van der Waals surface area contributed by atoms with Gasteiger partial charge in [-0.1, -0.05) is 41.4 Å². The van der Waals surface area contributed by atoms with Crippen LogP contribution in [0, 0.1) is 0 Å². The minimum Gasteiger partial charge on any atom is -0.450 e. The molecule has 2 aromatic carbocycles. The molecule has 7 heteroatoms. The molecule has 5 rings (SSSR count). The molecule has 1 amide bonds. The van der Waals surface area contributed by atoms with E-state index in [1.165, 1.54) is 4.90 Å². The second kappa shape index (κ2) is 6.72. The number of halogens is 2. The van der Waals surface area contributed by atoms with E-state index in [0.717, 1.165) is 0 Å². The van der Waals surface area contributed by atoms with E-state index < -0.39 is 11.9 Å². The van der Waals surface area contributed by atoms with Crippen LogP contribution in [0.25, 0.3) is 11.0 Å². The molecule has 0 spiro atoms. The average molecular weight is 423 g/mol. The number of amides is 1. The van der Waals surface area contributed by atoms with Gasteiger partial charge in [-0.2, -0.15) is 0 Å². The molecule has 1 aliphatic rings. The molecule has 0 fully saturated rings. The third kappa shape index (κ3) is 2.82. The molecule has 0 radical (unpaired) electrons. The van der Waals surface area contributed by atoms with Crippen LogP contribution in [0.5, 0.6) is 0 Å². The standard InChI is InChI=1S/C22H12Cl2N2O3/c23-13-5-3-4-12(10-13)19-18-20(27)15-11-14(24)7-8-16(15)29-21(18)22(28)26(19)17-6-1-2-9-25-17/h1-11,19H. The Labute approximate surface area is 175 Å². The fraction of sp³-hybridized carbons (Fsp3) is 0.0455. The average Bonchev–Trinajstić information content (AvgIpc) is 3.02. The zero-order valence-corrected chi connectivity index (χ0v) is 16.3. The number of aromatic nitrogens is 1. The number of anilines is 1. The Morgan fingerprint density at radius 2 is 1.76 bits per heavy atom. The molecule has 0 saturated carbocycles. The predicted molar refractivity (Wildman–Crippen MR) is 112 cm³/mol. The first-order valence-corrected chi connectivity index (χ1v) is 9.56. The van der Waals surface area contributed by atoms with Crippen LogP contribution in [0.4, 0.5) is 5.82 Å². The third-order valence-electron chi connectivity index (χ3n) is 4.89. The lowest BCUT2D eigenvalue weighted by molar-refractivity contribution is 0.0970. The molecule has 0 aliphatic carbocycles. The lowest BCUT2D eigenvalue weighted by atomic mass is 9.98. The van der Waals surface area contributed by atoms with Crippen molar-refractivity contribution in [2.45, 2.75) is 6.04 Å². The van der Waals surface area contributed by atoms with Crippen molar-refractivity contribution in [1.82, 2.24) is 4.98 Å². The van der Waals surface area contributed by atoms with Crippen LogP contribution in [0.3, 0.4) is 0 Å². The molecule has 1 atom stereocenters. The number of carbonyl (C=O) groups excluding carboxylic acids is 1. The maximum absolute atomic E-state index is 13.4. The number of benzene rings is 2. The summed E-state index contributed by atoms with van der Waals surface area (Å²) in [5.41, 5.74) is 0.932. The highest BCUT2D eigenvalue weighted by Crippen LogP contribution is 2.41. The van der Waals surface area contributed by atoms with Crippen LogP contribution in [-0.4, -0.2) is 10.9 Å². The van der Waals surface area contributed by atoms with Gasteiger partial charge in [-0.25, -0.2) is 4.98 Å². The summed E-state index contributed by atoms with van der Waals surface area (Å²) in [5.74, 6) is -0.0200. The van der Waals surface area contributed by atoms with Crippen LogP contribution in [-0.2, 0) is 0 Å². The molecular weight excluding hydrogens is 411 g/mol. The smallest absolute Gasteiger partial charge is 0.296 e. The van der Waals surface area contributed by atoms with E-state index in [0.29, 0.717) is 32.4 Å². The van der Waals surface area contributed by atoms with Crippen molar-refractivity contribution in [2.75, 3.05) is 4.90 Å². The highest BCUT2D eigenvalue weighted by Gasteiger charge is 2.44. The van der Waals surface area contributed by atoms with Gasteiger partial charge in [0.25, 0.3) is 5.91 Å². The van der Waals surface area contributed by atoms with Crippen LogP contribution in [0.1, 0.15) is 27.7 Å². The molecule has 1 unspecified atom stereocenters. The van der Waals surface area contributed by atoms with Crippen LogP contribution < -0.4 is 10.3 Å². The van der Waals surface area contributed by atoms with Gasteiger partial charge >= 0.3 is 0 Å². The Hall–Kier alpha value is -3.15. The monoisotopic (exact) mass is 422 g/mol. The second-order valence-corrected chi connectivity index (χ2v) is 7.51. The molecular formula is C22H12Cl2N2O3. The minimum absolute atomic E-state index is 0.000418. The molecule has 0 bridgehead atoms. The van der Waals surface area contributed by atoms with E-state index in [4.69, 9.17) is 27.6 Å². The van der Waals surface area contributed by atoms with Crippen LogP contribution >= 0.6 is 23.2 Å². The first-order chi connectivity index (χ1) is 14.0. The fourth-order valence-corrected chi connectivity index (χ4v) is 4.04. The van der Waals surface area contributed by atoms with Gasteiger partial charge in [0.2, 0.25) is 5.76 Å². The Kier molecular flexibility index (Phi) is 4.15. The molecule has 1 aliphatic heterocycles. The summed E-state index contributed by atoms with van der Waals surface area (Å²) >= 11 is 12.3. The summed E-state index contributed by atoms with van der Waals surface area (Å²) in [4.78, 5) is 32.5. The molecule has 142 valence electrons. The van der Waals surface area contributed by atoms with Crippen molar-refractivity contribution in [1.29, 1.82) is 0 Å². The van der Waals surface area contributed by atoms with Gasteiger partial charge in [0.1, 0.15) is 11.4 Å². The van der Waals surface area contributed by atoms with E-state index in [9.17, 15) is 9.59 Å². The lowest BCUT2D eigenvalue weighted by Crippen LogP contribution is -2.30. The lowest BCUT2D eigenvalue weighted by Gasteiger charge is -2.24. The van der Waals surface area contributed by atoms with E-state index in [1.54, 1.807) is 60.8 Å². The van der Waals surface area contributed by atoms with Crippen molar-refractivity contribution in [3.63, 3.8) is 0 Å². The topological polar surface area (TPSA) is 63.4 Å². The van der Waals surface area contributed by atoms with Gasteiger partial charge in [-0.15, -0.1) is 0 Å². The number of hydrogen-bond acceptors (Lipinski definition) is 4. The van der Waals surface area contributed by atoms with Gasteiger partial charge in [-0.05, 0) is 48.0 Å². The van der Waals surface area contributed by atoms with E-state index >= 15 is 0 Å². The van der Waals surface area contributed by atoms with Crippen molar-refractivity contribution >= 4 is 45.9 Å². The first-order valence-electron chi connectivity index (χ1n) is 8.81. The largest absolute Gasteiger partial charge is 0.450 e. The summed E-state index contributed by atoms with van der Waals surface area (Å²) < 4.78 is 5.88. The number of rotatable bonds is 2. The van der Waals surface area contributed by atoms with Gasteiger partial charge in [0.05, 0.1) is 17.0 Å². The highest BCUT2D eigenvalue weighted by atomic mass is 35.5. The maximum atomic E-state index is 13.4. The number of pyridine rings is 1. The Morgan fingerprint density at radius 3 is 2.52 bits per heavy atom. The highest BCUT2D eigenvalue weighted by molar-refractivity contribution is 6.31.